The molecule has 5 heteroatoms. The van der Waals surface area contributed by atoms with Crippen molar-refractivity contribution < 1.29 is 13.6 Å². The third-order valence-electron chi connectivity index (χ3n) is 4.29. The van der Waals surface area contributed by atoms with E-state index < -0.39 is 0 Å². The van der Waals surface area contributed by atoms with Crippen molar-refractivity contribution in [3.63, 3.8) is 0 Å². The number of hydrogen-bond acceptors (Lipinski definition) is 3. The minimum absolute atomic E-state index is 0.249. The monoisotopic (exact) mass is 302 g/mol. The van der Waals surface area contributed by atoms with Gasteiger partial charge in [0.1, 0.15) is 11.6 Å². The van der Waals surface area contributed by atoms with Crippen molar-refractivity contribution >= 4 is 5.91 Å². The summed E-state index contributed by atoms with van der Waals surface area (Å²) in [5, 5.41) is 3.01. The molecule has 3 N–H and O–H groups in total. The van der Waals surface area contributed by atoms with Gasteiger partial charge >= 0.3 is 0 Å². The highest BCUT2D eigenvalue weighted by molar-refractivity contribution is 5.92. The lowest BCUT2D eigenvalue weighted by atomic mass is 9.98. The Kier molecular flexibility index (Phi) is 3.98. The summed E-state index contributed by atoms with van der Waals surface area (Å²) in [5.41, 5.74) is 6.25. The summed E-state index contributed by atoms with van der Waals surface area (Å²) >= 11 is 0. The van der Waals surface area contributed by atoms with E-state index in [9.17, 15) is 9.18 Å². The number of halogens is 1. The normalized spacial score (nSPS) is 16.6. The number of nitrogens with one attached hydrogen (secondary N) is 1. The zero-order chi connectivity index (χ0) is 15.6. The van der Waals surface area contributed by atoms with Crippen LogP contribution in [0.15, 0.2) is 40.8 Å². The molecular weight excluding hydrogens is 283 g/mol. The standard InChI is InChI=1S/C17H19FN2O2/c18-13-5-3-12(4-6-13)14-7-8-15(22-14)16(21)20-17(11-19)9-1-2-10-17/h3-8H,1-2,9-11,19H2,(H,20,21). The molecule has 1 saturated carbocycles. The van der Waals surface area contributed by atoms with Crippen LogP contribution < -0.4 is 11.1 Å². The summed E-state index contributed by atoms with van der Waals surface area (Å²) in [6.07, 6.45) is 3.97. The SMILES string of the molecule is NCC1(NC(=O)c2ccc(-c3ccc(F)cc3)o2)CCCC1. The topological polar surface area (TPSA) is 68.3 Å². The van der Waals surface area contributed by atoms with E-state index in [0.29, 0.717) is 12.3 Å². The number of rotatable bonds is 4. The number of furan rings is 1. The number of carbonyl (C=O) groups excluding carboxylic acids is 1. The smallest absolute Gasteiger partial charge is 0.287 e. The molecule has 0 spiro atoms. The molecule has 1 aromatic heterocycles. The average molecular weight is 302 g/mol. The predicted octanol–water partition coefficient (Wildman–Crippen LogP) is 3.09. The van der Waals surface area contributed by atoms with Gasteiger partial charge in [0.05, 0.1) is 5.54 Å². The summed E-state index contributed by atoms with van der Waals surface area (Å²) in [6, 6.07) is 9.31. The molecule has 0 radical (unpaired) electrons. The van der Waals surface area contributed by atoms with Gasteiger partial charge in [-0.2, -0.15) is 0 Å². The van der Waals surface area contributed by atoms with Gasteiger partial charge in [-0.05, 0) is 49.2 Å². The first-order valence-corrected chi connectivity index (χ1v) is 7.50. The fourth-order valence-electron chi connectivity index (χ4n) is 2.96. The number of carbonyl (C=O) groups is 1. The van der Waals surface area contributed by atoms with E-state index in [1.165, 1.54) is 12.1 Å². The Morgan fingerprint density at radius 1 is 1.18 bits per heavy atom. The number of amides is 1. The van der Waals surface area contributed by atoms with Crippen LogP contribution in [0.25, 0.3) is 11.3 Å². The lowest BCUT2D eigenvalue weighted by Crippen LogP contribution is -2.51. The van der Waals surface area contributed by atoms with Crippen LogP contribution in [0.4, 0.5) is 4.39 Å². The molecular formula is C17H19FN2O2. The molecule has 3 rings (SSSR count). The first-order chi connectivity index (χ1) is 10.6. The Bertz CT molecular complexity index is 658. The molecule has 1 fully saturated rings. The summed E-state index contributed by atoms with van der Waals surface area (Å²) in [7, 11) is 0. The molecule has 1 amide bonds. The molecule has 0 bridgehead atoms. The van der Waals surface area contributed by atoms with Crippen molar-refractivity contribution in [3.05, 3.63) is 48.0 Å². The average Bonchev–Trinajstić information content (AvgIpc) is 3.18. The van der Waals surface area contributed by atoms with Gasteiger partial charge in [0.2, 0.25) is 0 Å². The lowest BCUT2D eigenvalue weighted by molar-refractivity contribution is 0.0875. The molecule has 0 unspecified atom stereocenters. The molecule has 116 valence electrons. The molecule has 1 aromatic carbocycles. The Hall–Kier alpha value is -2.14. The molecule has 2 aromatic rings. The van der Waals surface area contributed by atoms with Gasteiger partial charge in [0.15, 0.2) is 5.76 Å². The van der Waals surface area contributed by atoms with Crippen LogP contribution >= 0.6 is 0 Å². The quantitative estimate of drug-likeness (QED) is 0.912. The van der Waals surface area contributed by atoms with Gasteiger partial charge in [-0.25, -0.2) is 4.39 Å². The summed E-state index contributed by atoms with van der Waals surface area (Å²) in [4.78, 5) is 12.3. The van der Waals surface area contributed by atoms with Gasteiger partial charge in [-0.1, -0.05) is 12.8 Å². The number of nitrogens with two attached hydrogens (primary N) is 1. The second kappa shape index (κ2) is 5.93. The van der Waals surface area contributed by atoms with Gasteiger partial charge in [-0.3, -0.25) is 4.79 Å². The van der Waals surface area contributed by atoms with Crippen molar-refractivity contribution in [2.24, 2.45) is 5.73 Å². The first-order valence-electron chi connectivity index (χ1n) is 7.50. The van der Waals surface area contributed by atoms with Crippen LogP contribution in [0.2, 0.25) is 0 Å². The molecule has 0 aliphatic heterocycles. The fourth-order valence-corrected chi connectivity index (χ4v) is 2.96. The maximum atomic E-state index is 12.9. The maximum Gasteiger partial charge on any atom is 0.287 e. The third-order valence-corrected chi connectivity index (χ3v) is 4.29. The molecule has 0 saturated heterocycles. The Balaban J connectivity index is 1.75. The second-order valence-electron chi connectivity index (χ2n) is 5.82. The molecule has 1 aliphatic rings. The minimum Gasteiger partial charge on any atom is -0.451 e. The van der Waals surface area contributed by atoms with Crippen molar-refractivity contribution in [2.45, 2.75) is 31.2 Å². The Labute approximate surface area is 128 Å². The van der Waals surface area contributed by atoms with E-state index in [1.807, 2.05) is 0 Å². The van der Waals surface area contributed by atoms with Gasteiger partial charge in [-0.15, -0.1) is 0 Å². The Morgan fingerprint density at radius 3 is 2.50 bits per heavy atom. The lowest BCUT2D eigenvalue weighted by Gasteiger charge is -2.28. The van der Waals surface area contributed by atoms with E-state index >= 15 is 0 Å². The zero-order valence-corrected chi connectivity index (χ0v) is 12.3. The van der Waals surface area contributed by atoms with E-state index in [4.69, 9.17) is 10.2 Å². The van der Waals surface area contributed by atoms with Crippen LogP contribution in [0.3, 0.4) is 0 Å². The molecule has 1 aliphatic carbocycles. The number of benzene rings is 1. The van der Waals surface area contributed by atoms with E-state index in [-0.39, 0.29) is 23.0 Å². The largest absolute Gasteiger partial charge is 0.451 e. The molecule has 4 nitrogen and oxygen atoms in total. The molecule has 0 atom stereocenters. The molecule has 1 heterocycles. The Morgan fingerprint density at radius 2 is 1.86 bits per heavy atom. The van der Waals surface area contributed by atoms with Crippen molar-refractivity contribution in [1.82, 2.24) is 5.32 Å². The van der Waals surface area contributed by atoms with E-state index in [2.05, 4.69) is 5.32 Å². The van der Waals surface area contributed by atoms with Crippen LogP contribution in [-0.4, -0.2) is 18.0 Å². The van der Waals surface area contributed by atoms with Gasteiger partial charge in [0.25, 0.3) is 5.91 Å². The highest BCUT2D eigenvalue weighted by Crippen LogP contribution is 2.29. The van der Waals surface area contributed by atoms with Gasteiger partial charge in [0, 0.05) is 12.1 Å². The van der Waals surface area contributed by atoms with Crippen LogP contribution in [0.5, 0.6) is 0 Å². The van der Waals surface area contributed by atoms with Gasteiger partial charge < -0.3 is 15.5 Å². The van der Waals surface area contributed by atoms with E-state index in [1.54, 1.807) is 24.3 Å². The molecule has 22 heavy (non-hydrogen) atoms. The highest BCUT2D eigenvalue weighted by atomic mass is 19.1. The third kappa shape index (κ3) is 2.90. The van der Waals surface area contributed by atoms with E-state index in [0.717, 1.165) is 31.2 Å². The summed E-state index contributed by atoms with van der Waals surface area (Å²) in [5.74, 6) is 0.234. The highest BCUT2D eigenvalue weighted by Gasteiger charge is 2.34. The van der Waals surface area contributed by atoms with Crippen molar-refractivity contribution in [3.8, 4) is 11.3 Å². The zero-order valence-electron chi connectivity index (χ0n) is 12.3. The van der Waals surface area contributed by atoms with Crippen LogP contribution in [0, 0.1) is 5.82 Å². The maximum absolute atomic E-state index is 12.9. The first kappa shape index (κ1) is 14.8. The summed E-state index contributed by atoms with van der Waals surface area (Å²) < 4.78 is 18.5. The van der Waals surface area contributed by atoms with Crippen molar-refractivity contribution in [2.75, 3.05) is 6.54 Å². The minimum atomic E-state index is -0.306. The summed E-state index contributed by atoms with van der Waals surface area (Å²) in [6.45, 7) is 0.435. The van der Waals surface area contributed by atoms with Crippen LogP contribution in [0.1, 0.15) is 36.2 Å². The van der Waals surface area contributed by atoms with Crippen LogP contribution in [-0.2, 0) is 0 Å². The second-order valence-corrected chi connectivity index (χ2v) is 5.82. The van der Waals surface area contributed by atoms with Crippen molar-refractivity contribution in [1.29, 1.82) is 0 Å². The fraction of sp³-hybridized carbons (Fsp3) is 0.353. The predicted molar refractivity (Wildman–Crippen MR) is 81.8 cm³/mol. The number of hydrogen-bond donors (Lipinski definition) is 2.